The van der Waals surface area contributed by atoms with Gasteiger partial charge in [-0.25, -0.2) is 4.79 Å². The van der Waals surface area contributed by atoms with Crippen molar-refractivity contribution in [2.75, 3.05) is 18.0 Å². The van der Waals surface area contributed by atoms with E-state index in [1.807, 2.05) is 11.8 Å². The van der Waals surface area contributed by atoms with Crippen LogP contribution >= 0.6 is 11.6 Å². The molecule has 0 radical (unpaired) electrons. The van der Waals surface area contributed by atoms with E-state index >= 15 is 0 Å². The normalized spacial score (nSPS) is 9.88. The van der Waals surface area contributed by atoms with Gasteiger partial charge < -0.3 is 10.0 Å². The lowest BCUT2D eigenvalue weighted by Crippen LogP contribution is -2.22. The fourth-order valence-corrected chi connectivity index (χ4v) is 1.75. The van der Waals surface area contributed by atoms with Crippen molar-refractivity contribution in [3.8, 4) is 0 Å². The van der Waals surface area contributed by atoms with E-state index in [1.165, 1.54) is 6.07 Å². The fraction of sp³-hybridized carbons (Fsp3) is 0.250. The summed E-state index contributed by atoms with van der Waals surface area (Å²) in [5.41, 5.74) is 1.03. The maximum atomic E-state index is 10.7. The highest BCUT2D eigenvalue weighted by Gasteiger charge is 2.10. The third-order valence-corrected chi connectivity index (χ3v) is 2.57. The van der Waals surface area contributed by atoms with Crippen LogP contribution in [0.15, 0.2) is 30.9 Å². The number of likely N-dealkylation sites (N-methyl/N-ethyl adjacent to an activating group) is 1. The molecule has 3 nitrogen and oxygen atoms in total. The van der Waals surface area contributed by atoms with Crippen molar-refractivity contribution in [2.24, 2.45) is 0 Å². The number of halogens is 1. The zero-order chi connectivity index (χ0) is 12.1. The van der Waals surface area contributed by atoms with Gasteiger partial charge in [0.2, 0.25) is 0 Å². The first-order valence-corrected chi connectivity index (χ1v) is 5.36. The molecule has 16 heavy (non-hydrogen) atoms. The van der Waals surface area contributed by atoms with E-state index in [4.69, 9.17) is 16.7 Å². The van der Waals surface area contributed by atoms with Crippen molar-refractivity contribution in [3.63, 3.8) is 0 Å². The Labute approximate surface area is 100.0 Å². The maximum absolute atomic E-state index is 10.7. The Kier molecular flexibility index (Phi) is 4.38. The number of hydrogen-bond acceptors (Lipinski definition) is 2. The Morgan fingerprint density at radius 1 is 1.62 bits per heavy atom. The van der Waals surface area contributed by atoms with Gasteiger partial charge in [-0.3, -0.25) is 0 Å². The average molecular weight is 240 g/mol. The van der Waals surface area contributed by atoms with Gasteiger partial charge in [0.25, 0.3) is 0 Å². The first-order chi connectivity index (χ1) is 7.60. The van der Waals surface area contributed by atoms with Crippen LogP contribution in [0.25, 0.3) is 0 Å². The molecule has 86 valence electrons. The lowest BCUT2D eigenvalue weighted by molar-refractivity contribution is 0.0697. The molecule has 1 aromatic carbocycles. The van der Waals surface area contributed by atoms with Crippen LogP contribution in [0.5, 0.6) is 0 Å². The number of carboxylic acids is 1. The van der Waals surface area contributed by atoms with Gasteiger partial charge in [0.15, 0.2) is 0 Å². The van der Waals surface area contributed by atoms with Gasteiger partial charge in [0.1, 0.15) is 0 Å². The van der Waals surface area contributed by atoms with E-state index in [1.54, 1.807) is 18.2 Å². The third kappa shape index (κ3) is 2.76. The minimum absolute atomic E-state index is 0.198. The monoisotopic (exact) mass is 239 g/mol. The van der Waals surface area contributed by atoms with Gasteiger partial charge in [-0.1, -0.05) is 17.7 Å². The second-order valence-electron chi connectivity index (χ2n) is 3.30. The number of carbonyl (C=O) groups is 1. The molecule has 0 aromatic heterocycles. The number of anilines is 1. The van der Waals surface area contributed by atoms with Gasteiger partial charge in [-0.05, 0) is 25.1 Å². The highest BCUT2D eigenvalue weighted by atomic mass is 35.5. The first-order valence-electron chi connectivity index (χ1n) is 4.98. The molecule has 0 amide bonds. The second-order valence-corrected chi connectivity index (χ2v) is 3.71. The summed E-state index contributed by atoms with van der Waals surface area (Å²) in [6.07, 6.45) is 1.78. The molecule has 0 atom stereocenters. The molecule has 0 aliphatic rings. The SMILES string of the molecule is C=CCN(CC)c1ccc(C(=O)O)cc1Cl. The van der Waals surface area contributed by atoms with Gasteiger partial charge in [0, 0.05) is 13.1 Å². The second kappa shape index (κ2) is 5.56. The molecule has 0 fully saturated rings. The molecule has 4 heteroatoms. The standard InChI is InChI=1S/C12H14ClNO2/c1-3-7-14(4-2)11-6-5-9(12(15)16)8-10(11)13/h3,5-6,8H,1,4,7H2,2H3,(H,15,16). The predicted molar refractivity (Wildman–Crippen MR) is 66.5 cm³/mol. The molecule has 0 unspecified atom stereocenters. The summed E-state index contributed by atoms with van der Waals surface area (Å²) >= 11 is 6.04. The van der Waals surface area contributed by atoms with Crippen LogP contribution in [0.3, 0.4) is 0 Å². The number of carboxylic acid groups (broad SMARTS) is 1. The molecule has 0 heterocycles. The summed E-state index contributed by atoms with van der Waals surface area (Å²) in [5.74, 6) is -0.972. The molecule has 0 aliphatic carbocycles. The van der Waals surface area contributed by atoms with E-state index in [-0.39, 0.29) is 5.56 Å². The van der Waals surface area contributed by atoms with Crippen LogP contribution in [0.4, 0.5) is 5.69 Å². The summed E-state index contributed by atoms with van der Waals surface area (Å²) in [7, 11) is 0. The minimum Gasteiger partial charge on any atom is -0.478 e. The number of aromatic carboxylic acids is 1. The van der Waals surface area contributed by atoms with Crippen molar-refractivity contribution in [3.05, 3.63) is 41.4 Å². The minimum atomic E-state index is -0.972. The molecular weight excluding hydrogens is 226 g/mol. The molecular formula is C12H14ClNO2. The van der Waals surface area contributed by atoms with Crippen LogP contribution in [-0.2, 0) is 0 Å². The zero-order valence-corrected chi connectivity index (χ0v) is 9.87. The Bertz CT molecular complexity index is 404. The molecule has 0 saturated carbocycles. The Hall–Kier alpha value is -1.48. The quantitative estimate of drug-likeness (QED) is 0.803. The summed E-state index contributed by atoms with van der Waals surface area (Å²) < 4.78 is 0. The molecule has 0 spiro atoms. The highest BCUT2D eigenvalue weighted by molar-refractivity contribution is 6.33. The van der Waals surface area contributed by atoms with Crippen LogP contribution in [0, 0.1) is 0 Å². The summed E-state index contributed by atoms with van der Waals surface area (Å²) in [4.78, 5) is 12.8. The van der Waals surface area contributed by atoms with Gasteiger partial charge >= 0.3 is 5.97 Å². The van der Waals surface area contributed by atoms with Crippen molar-refractivity contribution < 1.29 is 9.90 Å². The van der Waals surface area contributed by atoms with Gasteiger partial charge in [-0.2, -0.15) is 0 Å². The lowest BCUT2D eigenvalue weighted by atomic mass is 10.2. The molecule has 0 bridgehead atoms. The lowest BCUT2D eigenvalue weighted by Gasteiger charge is -2.22. The summed E-state index contributed by atoms with van der Waals surface area (Å²) in [6.45, 7) is 7.15. The van der Waals surface area contributed by atoms with Gasteiger partial charge in [0.05, 0.1) is 16.3 Å². The van der Waals surface area contributed by atoms with Crippen molar-refractivity contribution >= 4 is 23.3 Å². The third-order valence-electron chi connectivity index (χ3n) is 2.27. The zero-order valence-electron chi connectivity index (χ0n) is 9.11. The van der Waals surface area contributed by atoms with Crippen LogP contribution in [0.2, 0.25) is 5.02 Å². The Balaban J connectivity index is 3.05. The first kappa shape index (κ1) is 12.6. The summed E-state index contributed by atoms with van der Waals surface area (Å²) in [6, 6.07) is 4.74. The van der Waals surface area contributed by atoms with E-state index in [0.717, 1.165) is 12.2 Å². The largest absolute Gasteiger partial charge is 0.478 e. The predicted octanol–water partition coefficient (Wildman–Crippen LogP) is 3.05. The van der Waals surface area contributed by atoms with Crippen LogP contribution in [-0.4, -0.2) is 24.2 Å². The number of rotatable bonds is 5. The van der Waals surface area contributed by atoms with Crippen molar-refractivity contribution in [1.29, 1.82) is 0 Å². The maximum Gasteiger partial charge on any atom is 0.335 e. The number of benzene rings is 1. The van der Waals surface area contributed by atoms with Crippen LogP contribution in [0.1, 0.15) is 17.3 Å². The molecule has 1 rings (SSSR count). The summed E-state index contributed by atoms with van der Waals surface area (Å²) in [5, 5.41) is 9.26. The number of hydrogen-bond donors (Lipinski definition) is 1. The molecule has 0 aliphatic heterocycles. The number of nitrogens with zero attached hydrogens (tertiary/aromatic N) is 1. The molecule has 1 aromatic rings. The Morgan fingerprint density at radius 3 is 2.75 bits per heavy atom. The molecule has 1 N–H and O–H groups in total. The van der Waals surface area contributed by atoms with Crippen molar-refractivity contribution in [1.82, 2.24) is 0 Å². The van der Waals surface area contributed by atoms with Crippen molar-refractivity contribution in [2.45, 2.75) is 6.92 Å². The highest BCUT2D eigenvalue weighted by Crippen LogP contribution is 2.26. The topological polar surface area (TPSA) is 40.5 Å². The van der Waals surface area contributed by atoms with Gasteiger partial charge in [-0.15, -0.1) is 6.58 Å². The van der Waals surface area contributed by atoms with E-state index < -0.39 is 5.97 Å². The Morgan fingerprint density at radius 2 is 2.31 bits per heavy atom. The van der Waals surface area contributed by atoms with E-state index in [2.05, 4.69) is 6.58 Å². The van der Waals surface area contributed by atoms with E-state index in [0.29, 0.717) is 11.6 Å². The molecule has 0 saturated heterocycles. The smallest absolute Gasteiger partial charge is 0.335 e. The average Bonchev–Trinajstić information content (AvgIpc) is 2.26. The fourth-order valence-electron chi connectivity index (χ4n) is 1.45. The van der Waals surface area contributed by atoms with E-state index in [9.17, 15) is 4.79 Å². The van der Waals surface area contributed by atoms with Crippen LogP contribution < -0.4 is 4.90 Å².